The van der Waals surface area contributed by atoms with Crippen molar-refractivity contribution in [1.29, 1.82) is 0 Å². The van der Waals surface area contributed by atoms with Crippen LogP contribution in [0.5, 0.6) is 0 Å². The summed E-state index contributed by atoms with van der Waals surface area (Å²) in [6, 6.07) is 0. The van der Waals surface area contributed by atoms with Crippen molar-refractivity contribution in [2.24, 2.45) is 0 Å². The largest absolute Gasteiger partial charge is 0.356 e. The number of hydrogen-bond donors (Lipinski definition) is 2. The zero-order valence-electron chi connectivity index (χ0n) is 22.4. The molecule has 0 rings (SSSR count). The minimum absolute atomic E-state index is 0.176. The molecule has 6 nitrogen and oxygen atoms in total. The van der Waals surface area contributed by atoms with Crippen molar-refractivity contribution in [2.45, 2.75) is 89.9 Å². The maximum atomic E-state index is 11.9. The fourth-order valence-electron chi connectivity index (χ4n) is 3.69. The van der Waals surface area contributed by atoms with E-state index >= 15 is 0 Å². The van der Waals surface area contributed by atoms with Crippen molar-refractivity contribution in [3.8, 4) is 0 Å². The van der Waals surface area contributed by atoms with Crippen LogP contribution in [0.25, 0.3) is 0 Å². The highest BCUT2D eigenvalue weighted by Gasteiger charge is 2.07. The van der Waals surface area contributed by atoms with Gasteiger partial charge in [-0.1, -0.05) is 25.7 Å². The Morgan fingerprint density at radius 3 is 1.12 bits per heavy atom. The first-order valence-corrected chi connectivity index (χ1v) is 13.1. The van der Waals surface area contributed by atoms with Gasteiger partial charge in [-0.25, -0.2) is 0 Å². The molecule has 32 heavy (non-hydrogen) atoms. The number of amides is 2. The third-order valence-corrected chi connectivity index (χ3v) is 5.71. The molecule has 0 bridgehead atoms. The lowest BCUT2D eigenvalue weighted by Gasteiger charge is -2.23. The van der Waals surface area contributed by atoms with Gasteiger partial charge in [0, 0.05) is 25.9 Å². The quantitative estimate of drug-likeness (QED) is 0.202. The smallest absolute Gasteiger partial charge is 0.219 e. The van der Waals surface area contributed by atoms with Crippen LogP contribution in [0.3, 0.4) is 0 Å². The molecule has 0 atom stereocenters. The van der Waals surface area contributed by atoms with E-state index in [1.54, 1.807) is 0 Å². The fraction of sp³-hybridized carbons (Fsp3) is 0.923. The minimum atomic E-state index is 0.176. The van der Waals surface area contributed by atoms with Crippen LogP contribution in [0.4, 0.5) is 0 Å². The first kappa shape index (κ1) is 30.9. The van der Waals surface area contributed by atoms with Crippen LogP contribution < -0.4 is 10.6 Å². The van der Waals surface area contributed by atoms with E-state index in [9.17, 15) is 9.59 Å². The summed E-state index contributed by atoms with van der Waals surface area (Å²) < 4.78 is 2.05. The Morgan fingerprint density at radius 2 is 0.781 bits per heavy atom. The molecule has 0 aliphatic carbocycles. The third kappa shape index (κ3) is 25.1. The number of nitrogens with zero attached hydrogens (tertiary/aromatic N) is 2. The van der Waals surface area contributed by atoms with E-state index in [4.69, 9.17) is 0 Å². The summed E-state index contributed by atoms with van der Waals surface area (Å²) in [5.74, 6) is 0.353. The number of unbranched alkanes of at least 4 members (excludes halogenated alkanes) is 9. The molecule has 0 saturated heterocycles. The van der Waals surface area contributed by atoms with Crippen LogP contribution in [-0.2, 0) is 9.59 Å². The molecule has 0 aliphatic heterocycles. The van der Waals surface area contributed by atoms with Crippen LogP contribution >= 0.6 is 0 Å². The van der Waals surface area contributed by atoms with Gasteiger partial charge in [0.25, 0.3) is 0 Å². The topological polar surface area (TPSA) is 58.2 Å². The Hall–Kier alpha value is -1.14. The number of hydrogen-bond acceptors (Lipinski definition) is 2. The average molecular weight is 457 g/mol. The predicted octanol–water partition coefficient (Wildman–Crippen LogP) is 4.09. The van der Waals surface area contributed by atoms with Crippen LogP contribution in [0.15, 0.2) is 0 Å². The SMILES string of the molecule is C[N+](C)(C)CCCCCCNC(=O)CCCCCCC(=O)NCCCCCC[N+](C)(C)C. The fourth-order valence-corrected chi connectivity index (χ4v) is 3.69. The maximum Gasteiger partial charge on any atom is 0.219 e. The van der Waals surface area contributed by atoms with Gasteiger partial charge in [0.05, 0.1) is 55.4 Å². The van der Waals surface area contributed by atoms with Gasteiger partial charge in [-0.15, -0.1) is 0 Å². The molecular weight excluding hydrogens is 400 g/mol. The second kappa shape index (κ2) is 18.3. The van der Waals surface area contributed by atoms with Gasteiger partial charge >= 0.3 is 0 Å². The molecule has 0 aromatic heterocycles. The lowest BCUT2D eigenvalue weighted by atomic mass is 10.1. The molecule has 2 amide bonds. The summed E-state index contributed by atoms with van der Waals surface area (Å²) in [5.41, 5.74) is 0. The summed E-state index contributed by atoms with van der Waals surface area (Å²) in [6.45, 7) is 4.04. The van der Waals surface area contributed by atoms with Gasteiger partial charge in [0.2, 0.25) is 11.8 Å². The van der Waals surface area contributed by atoms with Gasteiger partial charge < -0.3 is 19.6 Å². The monoisotopic (exact) mass is 456 g/mol. The molecule has 190 valence electrons. The first-order valence-electron chi connectivity index (χ1n) is 13.1. The van der Waals surface area contributed by atoms with Crippen molar-refractivity contribution < 1.29 is 18.6 Å². The number of nitrogens with one attached hydrogen (secondary N) is 2. The molecule has 0 aromatic carbocycles. The molecule has 0 radical (unpaired) electrons. The molecule has 0 fully saturated rings. The molecule has 2 N–H and O–H groups in total. The summed E-state index contributed by atoms with van der Waals surface area (Å²) in [5, 5.41) is 6.08. The molecule has 0 aliphatic rings. The molecule has 0 aromatic rings. The predicted molar refractivity (Wildman–Crippen MR) is 136 cm³/mol. The summed E-state index contributed by atoms with van der Waals surface area (Å²) in [4.78, 5) is 23.8. The van der Waals surface area contributed by atoms with Crippen molar-refractivity contribution >= 4 is 11.8 Å². The lowest BCUT2D eigenvalue weighted by Crippen LogP contribution is -2.35. The zero-order valence-corrected chi connectivity index (χ0v) is 22.4. The molecule has 0 heterocycles. The highest BCUT2D eigenvalue weighted by Crippen LogP contribution is 2.07. The lowest BCUT2D eigenvalue weighted by molar-refractivity contribution is -0.870. The van der Waals surface area contributed by atoms with E-state index in [0.717, 1.165) is 60.6 Å². The minimum Gasteiger partial charge on any atom is -0.356 e. The summed E-state index contributed by atoms with van der Waals surface area (Å²) >= 11 is 0. The first-order chi connectivity index (χ1) is 15.0. The number of carbonyl (C=O) groups is 2. The normalized spacial score (nSPS) is 12.1. The van der Waals surface area contributed by atoms with Gasteiger partial charge in [0.15, 0.2) is 0 Å². The Labute approximate surface area is 199 Å². The van der Waals surface area contributed by atoms with E-state index in [1.165, 1.54) is 51.6 Å². The average Bonchev–Trinajstić information content (AvgIpc) is 2.67. The zero-order chi connectivity index (χ0) is 24.3. The van der Waals surface area contributed by atoms with Crippen molar-refractivity contribution in [3.63, 3.8) is 0 Å². The molecule has 0 saturated carbocycles. The van der Waals surface area contributed by atoms with E-state index in [2.05, 4.69) is 52.9 Å². The Kier molecular flexibility index (Phi) is 17.7. The van der Waals surface area contributed by atoms with Crippen molar-refractivity contribution in [2.75, 3.05) is 68.5 Å². The van der Waals surface area contributed by atoms with Crippen LogP contribution in [0.1, 0.15) is 89.9 Å². The second-order valence-electron chi connectivity index (χ2n) is 11.5. The highest BCUT2D eigenvalue weighted by molar-refractivity contribution is 5.76. The number of carbonyl (C=O) groups excluding carboxylic acids is 2. The van der Waals surface area contributed by atoms with Crippen molar-refractivity contribution in [1.82, 2.24) is 10.6 Å². The standard InChI is InChI=1S/C26H54N4O2/c1-29(2,3)23-17-11-9-15-21-27-25(31)19-13-7-8-14-20-26(32)28-22-16-10-12-18-24-30(4,5)6/h7-24H2,1-6H3/p+2. The van der Waals surface area contributed by atoms with E-state index in [1.807, 2.05) is 0 Å². The Bertz CT molecular complexity index is 437. The van der Waals surface area contributed by atoms with Crippen LogP contribution in [-0.4, -0.2) is 89.2 Å². The third-order valence-electron chi connectivity index (χ3n) is 5.71. The van der Waals surface area contributed by atoms with Crippen molar-refractivity contribution in [3.05, 3.63) is 0 Å². The van der Waals surface area contributed by atoms with Crippen LogP contribution in [0, 0.1) is 0 Å². The van der Waals surface area contributed by atoms with Gasteiger partial charge in [-0.3, -0.25) is 9.59 Å². The number of quaternary nitrogens is 2. The Morgan fingerprint density at radius 1 is 0.469 bits per heavy atom. The van der Waals surface area contributed by atoms with Gasteiger partial charge in [-0.05, 0) is 51.4 Å². The van der Waals surface area contributed by atoms with E-state index in [0.29, 0.717) is 12.8 Å². The molecular formula is C26H56N4O2+2. The maximum absolute atomic E-state index is 11.9. The highest BCUT2D eigenvalue weighted by atomic mass is 16.2. The van der Waals surface area contributed by atoms with Gasteiger partial charge in [-0.2, -0.15) is 0 Å². The molecule has 0 unspecified atom stereocenters. The van der Waals surface area contributed by atoms with Crippen LogP contribution in [0.2, 0.25) is 0 Å². The van der Waals surface area contributed by atoms with Gasteiger partial charge in [0.1, 0.15) is 0 Å². The summed E-state index contributed by atoms with van der Waals surface area (Å²) in [7, 11) is 13.4. The van der Waals surface area contributed by atoms with E-state index < -0.39 is 0 Å². The second-order valence-corrected chi connectivity index (χ2v) is 11.5. The summed E-state index contributed by atoms with van der Waals surface area (Å²) in [6.07, 6.45) is 14.7. The molecule has 6 heteroatoms. The number of rotatable bonds is 21. The van der Waals surface area contributed by atoms with E-state index in [-0.39, 0.29) is 11.8 Å². The molecule has 0 spiro atoms. The Balaban J connectivity index is 3.37.